The maximum atomic E-state index is 5.48. The standard InChI is InChI=1S/C9H15N5S2/c1-11-9(15)13-4-5-16-6-7-2-3-12-8(10)14-7/h2-3H,4-6H2,1H3,(H2,10,12,14)(H2,11,13,15). The summed E-state index contributed by atoms with van der Waals surface area (Å²) in [6.07, 6.45) is 1.67. The number of aromatic nitrogens is 2. The number of nitrogens with one attached hydrogen (secondary N) is 2. The molecule has 7 heteroatoms. The van der Waals surface area contributed by atoms with Gasteiger partial charge in [-0.2, -0.15) is 11.8 Å². The molecule has 1 aromatic rings. The quantitative estimate of drug-likeness (QED) is 0.520. The van der Waals surface area contributed by atoms with E-state index < -0.39 is 0 Å². The van der Waals surface area contributed by atoms with Crippen LogP contribution in [0.25, 0.3) is 0 Å². The maximum absolute atomic E-state index is 5.48. The van der Waals surface area contributed by atoms with Gasteiger partial charge in [0, 0.05) is 31.3 Å². The zero-order valence-corrected chi connectivity index (χ0v) is 10.7. The lowest BCUT2D eigenvalue weighted by Gasteiger charge is -2.06. The molecule has 0 saturated carbocycles. The van der Waals surface area contributed by atoms with Crippen molar-refractivity contribution < 1.29 is 0 Å². The van der Waals surface area contributed by atoms with Crippen molar-refractivity contribution >= 4 is 35.0 Å². The minimum atomic E-state index is 0.326. The van der Waals surface area contributed by atoms with Gasteiger partial charge >= 0.3 is 0 Å². The fourth-order valence-corrected chi connectivity index (χ4v) is 1.86. The van der Waals surface area contributed by atoms with Gasteiger partial charge in [-0.25, -0.2) is 9.97 Å². The van der Waals surface area contributed by atoms with Gasteiger partial charge in [0.15, 0.2) is 5.11 Å². The first-order valence-corrected chi connectivity index (χ1v) is 6.39. The molecule has 0 aliphatic heterocycles. The van der Waals surface area contributed by atoms with Gasteiger partial charge in [0.05, 0.1) is 5.69 Å². The minimum Gasteiger partial charge on any atom is -0.368 e. The summed E-state index contributed by atoms with van der Waals surface area (Å²) in [5, 5.41) is 6.60. The van der Waals surface area contributed by atoms with Gasteiger partial charge in [-0.05, 0) is 18.3 Å². The summed E-state index contributed by atoms with van der Waals surface area (Å²) in [6, 6.07) is 1.87. The number of hydrogen-bond acceptors (Lipinski definition) is 5. The van der Waals surface area contributed by atoms with Gasteiger partial charge in [-0.3, -0.25) is 0 Å². The Morgan fingerprint density at radius 2 is 2.44 bits per heavy atom. The van der Waals surface area contributed by atoms with Crippen molar-refractivity contribution in [1.82, 2.24) is 20.6 Å². The Balaban J connectivity index is 2.14. The highest BCUT2D eigenvalue weighted by atomic mass is 32.2. The first-order chi connectivity index (χ1) is 7.72. The number of nitrogens with two attached hydrogens (primary N) is 1. The van der Waals surface area contributed by atoms with Crippen LogP contribution in [-0.4, -0.2) is 34.4 Å². The maximum Gasteiger partial charge on any atom is 0.220 e. The van der Waals surface area contributed by atoms with Crippen molar-refractivity contribution in [3.63, 3.8) is 0 Å². The molecule has 1 heterocycles. The summed E-state index contributed by atoms with van der Waals surface area (Å²) >= 11 is 6.72. The highest BCUT2D eigenvalue weighted by Crippen LogP contribution is 2.09. The third-order valence-corrected chi connectivity index (χ3v) is 3.08. The molecule has 0 amide bonds. The lowest BCUT2D eigenvalue weighted by atomic mass is 10.5. The molecule has 0 saturated heterocycles. The monoisotopic (exact) mass is 257 g/mol. The van der Waals surface area contributed by atoms with Gasteiger partial charge in [0.2, 0.25) is 5.95 Å². The van der Waals surface area contributed by atoms with Crippen LogP contribution in [0.5, 0.6) is 0 Å². The van der Waals surface area contributed by atoms with E-state index in [2.05, 4.69) is 20.6 Å². The summed E-state index contributed by atoms with van der Waals surface area (Å²) in [4.78, 5) is 7.95. The Morgan fingerprint density at radius 3 is 3.12 bits per heavy atom. The molecule has 1 rings (SSSR count). The van der Waals surface area contributed by atoms with Gasteiger partial charge in [0.25, 0.3) is 0 Å². The third kappa shape index (κ3) is 5.13. The molecule has 0 atom stereocenters. The summed E-state index contributed by atoms with van der Waals surface area (Å²) in [7, 11) is 1.80. The SMILES string of the molecule is CNC(=S)NCCSCc1ccnc(N)n1. The second-order valence-corrected chi connectivity index (χ2v) is 4.48. The molecule has 16 heavy (non-hydrogen) atoms. The topological polar surface area (TPSA) is 75.9 Å². The number of rotatable bonds is 5. The number of nitrogen functional groups attached to an aromatic ring is 1. The van der Waals surface area contributed by atoms with Gasteiger partial charge in [-0.15, -0.1) is 0 Å². The highest BCUT2D eigenvalue weighted by molar-refractivity contribution is 7.98. The fraction of sp³-hybridized carbons (Fsp3) is 0.444. The summed E-state index contributed by atoms with van der Waals surface area (Å²) in [6.45, 7) is 0.838. The van der Waals surface area contributed by atoms with Crippen LogP contribution in [0.2, 0.25) is 0 Å². The molecule has 0 aliphatic carbocycles. The fourth-order valence-electron chi connectivity index (χ4n) is 0.995. The zero-order valence-electron chi connectivity index (χ0n) is 9.06. The molecule has 0 aliphatic rings. The number of thioether (sulfide) groups is 1. The minimum absolute atomic E-state index is 0.326. The zero-order chi connectivity index (χ0) is 11.8. The molecule has 0 spiro atoms. The normalized spacial score (nSPS) is 9.81. The summed E-state index contributed by atoms with van der Waals surface area (Å²) < 4.78 is 0. The van der Waals surface area contributed by atoms with Crippen LogP contribution < -0.4 is 16.4 Å². The van der Waals surface area contributed by atoms with E-state index in [4.69, 9.17) is 18.0 Å². The van der Waals surface area contributed by atoms with Crippen molar-refractivity contribution in [2.75, 3.05) is 25.1 Å². The molecule has 0 radical (unpaired) electrons. The van der Waals surface area contributed by atoms with Crippen molar-refractivity contribution in [2.45, 2.75) is 5.75 Å². The molecule has 88 valence electrons. The predicted molar refractivity (Wildman–Crippen MR) is 72.3 cm³/mol. The van der Waals surface area contributed by atoms with E-state index in [0.717, 1.165) is 23.7 Å². The van der Waals surface area contributed by atoms with Gasteiger partial charge < -0.3 is 16.4 Å². The highest BCUT2D eigenvalue weighted by Gasteiger charge is 1.97. The number of thiocarbonyl (C=S) groups is 1. The van der Waals surface area contributed by atoms with Crippen molar-refractivity contribution in [2.24, 2.45) is 0 Å². The Kier molecular flexibility index (Phi) is 5.87. The lowest BCUT2D eigenvalue weighted by Crippen LogP contribution is -2.33. The van der Waals surface area contributed by atoms with Crippen LogP contribution in [0, 0.1) is 0 Å². The molecule has 0 bridgehead atoms. The number of anilines is 1. The van der Waals surface area contributed by atoms with Crippen molar-refractivity contribution in [3.8, 4) is 0 Å². The van der Waals surface area contributed by atoms with E-state index in [0.29, 0.717) is 11.1 Å². The second kappa shape index (κ2) is 7.24. The molecule has 1 aromatic heterocycles. The summed E-state index contributed by atoms with van der Waals surface area (Å²) in [5.74, 6) is 2.12. The first kappa shape index (κ1) is 13.0. The molecule has 0 fully saturated rings. The van der Waals surface area contributed by atoms with Crippen LogP contribution in [0.3, 0.4) is 0 Å². The smallest absolute Gasteiger partial charge is 0.220 e. The average molecular weight is 257 g/mol. The van der Waals surface area contributed by atoms with E-state index in [-0.39, 0.29) is 0 Å². The lowest BCUT2D eigenvalue weighted by molar-refractivity contribution is 0.942. The summed E-state index contributed by atoms with van der Waals surface area (Å²) in [5.41, 5.74) is 6.43. The van der Waals surface area contributed by atoms with E-state index >= 15 is 0 Å². The van der Waals surface area contributed by atoms with Crippen LogP contribution >= 0.6 is 24.0 Å². The van der Waals surface area contributed by atoms with Crippen LogP contribution in [0.4, 0.5) is 5.95 Å². The molecular weight excluding hydrogens is 242 g/mol. The van der Waals surface area contributed by atoms with Crippen LogP contribution in [0.15, 0.2) is 12.3 Å². The van der Waals surface area contributed by atoms with E-state index in [1.165, 1.54) is 0 Å². The molecular formula is C9H15N5S2. The Bertz CT molecular complexity index is 344. The molecule has 0 unspecified atom stereocenters. The van der Waals surface area contributed by atoms with Crippen LogP contribution in [0.1, 0.15) is 5.69 Å². The first-order valence-electron chi connectivity index (χ1n) is 4.83. The average Bonchev–Trinajstić information content (AvgIpc) is 2.28. The van der Waals surface area contributed by atoms with Crippen molar-refractivity contribution in [3.05, 3.63) is 18.0 Å². The van der Waals surface area contributed by atoms with E-state index in [1.54, 1.807) is 25.0 Å². The molecule has 5 nitrogen and oxygen atoms in total. The van der Waals surface area contributed by atoms with Crippen molar-refractivity contribution in [1.29, 1.82) is 0 Å². The van der Waals surface area contributed by atoms with Gasteiger partial charge in [-0.1, -0.05) is 0 Å². The largest absolute Gasteiger partial charge is 0.368 e. The molecule has 4 N–H and O–H groups in total. The Labute approximate surface area is 105 Å². The number of hydrogen-bond donors (Lipinski definition) is 3. The van der Waals surface area contributed by atoms with E-state index in [1.807, 2.05) is 6.07 Å². The number of nitrogens with zero attached hydrogens (tertiary/aromatic N) is 2. The van der Waals surface area contributed by atoms with Crippen LogP contribution in [-0.2, 0) is 5.75 Å². The van der Waals surface area contributed by atoms with E-state index in [9.17, 15) is 0 Å². The Morgan fingerprint density at radius 1 is 1.62 bits per heavy atom. The van der Waals surface area contributed by atoms with Gasteiger partial charge in [0.1, 0.15) is 0 Å². The third-order valence-electron chi connectivity index (χ3n) is 1.74. The predicted octanol–water partition coefficient (Wildman–Crippen LogP) is 0.386. The second-order valence-electron chi connectivity index (χ2n) is 2.96. The Hall–Kier alpha value is -1.08. The molecule has 0 aromatic carbocycles.